The maximum Gasteiger partial charge on any atom is 2.00 e. The van der Waals surface area contributed by atoms with Crippen molar-refractivity contribution in [3.8, 4) is 0 Å². The van der Waals surface area contributed by atoms with Crippen LogP contribution in [0.5, 0.6) is 0 Å². The summed E-state index contributed by atoms with van der Waals surface area (Å²) in [6.45, 7) is 0. The number of hydrogen-bond acceptors (Lipinski definition) is 7. The second-order valence-electron chi connectivity index (χ2n) is 0.447. The van der Waals surface area contributed by atoms with Gasteiger partial charge in [-0.3, -0.25) is 0 Å². The Morgan fingerprint density at radius 2 is 0.818 bits per heavy atom. The van der Waals surface area contributed by atoms with Gasteiger partial charge in [-0.05, 0) is 0 Å². The van der Waals surface area contributed by atoms with Crippen LogP contribution < -0.4 is 51.4 Å². The van der Waals surface area contributed by atoms with E-state index in [-0.39, 0.29) is 94.6 Å². The van der Waals surface area contributed by atoms with Gasteiger partial charge in [0.05, 0.1) is 10.2 Å². The third kappa shape index (κ3) is 611. The summed E-state index contributed by atoms with van der Waals surface area (Å²) in [7, 11) is 0. The molecule has 0 aromatic heterocycles. The summed E-state index contributed by atoms with van der Waals surface area (Å²) in [5, 5.41) is 29.5. The Kier molecular flexibility index (Phi) is 60.3. The van der Waals surface area contributed by atoms with Crippen LogP contribution in [0.3, 0.4) is 0 Å². The van der Waals surface area contributed by atoms with Gasteiger partial charge < -0.3 is 36.1 Å². The molecule has 0 rings (SSSR count). The standard InChI is InChI=1S/Ca.K.2NO3.H2O/c;;2*2-1(3)4;/h;;;;1H2/q+2;+1;2*-1;/p-1. The minimum absolute atomic E-state index is 0. The van der Waals surface area contributed by atoms with Gasteiger partial charge in [-0.2, -0.15) is 0 Å². The first kappa shape index (κ1) is 29.5. The molecule has 0 aromatic carbocycles. The molecule has 0 saturated heterocycles. The molecule has 0 radical (unpaired) electrons. The first-order valence-corrected chi connectivity index (χ1v) is 1.10. The van der Waals surface area contributed by atoms with Crippen molar-refractivity contribution in [3.63, 3.8) is 0 Å². The predicted octanol–water partition coefficient (Wildman–Crippen LogP) is -4.03. The summed E-state index contributed by atoms with van der Waals surface area (Å²) in [6, 6.07) is 0. The first-order chi connectivity index (χ1) is 3.46. The molecule has 0 unspecified atom stereocenters. The van der Waals surface area contributed by atoms with Gasteiger partial charge in [0.25, 0.3) is 0 Å². The third-order valence-electron chi connectivity index (χ3n) is 0. The molecule has 0 amide bonds. The molecule has 0 aliphatic carbocycles. The van der Waals surface area contributed by atoms with E-state index in [0.29, 0.717) is 0 Å². The van der Waals surface area contributed by atoms with Crippen molar-refractivity contribution in [1.82, 2.24) is 0 Å². The van der Waals surface area contributed by atoms with Crippen LogP contribution >= 0.6 is 0 Å². The van der Waals surface area contributed by atoms with E-state index in [1.54, 1.807) is 0 Å². The fourth-order valence-corrected chi connectivity index (χ4v) is 0. The van der Waals surface area contributed by atoms with Crippen LogP contribution in [-0.4, -0.2) is 53.4 Å². The van der Waals surface area contributed by atoms with Crippen molar-refractivity contribution in [1.29, 1.82) is 0 Å². The average Bonchev–Trinajstić information content (AvgIpc) is 1.25. The quantitative estimate of drug-likeness (QED) is 0.228. The second kappa shape index (κ2) is 22.5. The van der Waals surface area contributed by atoms with Crippen LogP contribution in [-0.2, 0) is 0 Å². The van der Waals surface area contributed by atoms with Crippen molar-refractivity contribution < 1.29 is 67.0 Å². The molecule has 0 aliphatic rings. The molecule has 11 heavy (non-hydrogen) atoms. The number of hydrogen-bond donors (Lipinski definition) is 0. The van der Waals surface area contributed by atoms with E-state index >= 15 is 0 Å². The smallest absolute Gasteiger partial charge is 0.870 e. The summed E-state index contributed by atoms with van der Waals surface area (Å²) >= 11 is 0. The second-order valence-corrected chi connectivity index (χ2v) is 0.447. The Balaban J connectivity index is -0.0000000171. The minimum atomic E-state index is -1.75. The largest absolute Gasteiger partial charge is 2.00 e. The summed E-state index contributed by atoms with van der Waals surface area (Å²) in [5.41, 5.74) is 0. The fraction of sp³-hybridized carbons (Fsp3) is 0. The van der Waals surface area contributed by atoms with E-state index in [2.05, 4.69) is 0 Å². The van der Waals surface area contributed by atoms with Gasteiger partial charge in [-0.25, -0.2) is 0 Å². The number of rotatable bonds is 0. The minimum Gasteiger partial charge on any atom is -0.870 e. The van der Waals surface area contributed by atoms with Crippen molar-refractivity contribution in [3.05, 3.63) is 30.6 Å². The Hall–Kier alpha value is 1.26. The van der Waals surface area contributed by atoms with E-state index in [1.807, 2.05) is 0 Å². The fourth-order valence-electron chi connectivity index (χ4n) is 0. The Morgan fingerprint density at radius 1 is 0.818 bits per heavy atom. The molecule has 11 heteroatoms. The zero-order valence-corrected chi connectivity index (χ0v) is 10.8. The molecule has 0 aliphatic heterocycles. The first-order valence-electron chi connectivity index (χ1n) is 1.10. The van der Waals surface area contributed by atoms with E-state index < -0.39 is 10.2 Å². The van der Waals surface area contributed by atoms with Crippen molar-refractivity contribution in [2.45, 2.75) is 0 Å². The molecule has 0 aromatic rings. The Labute approximate surface area is 133 Å². The van der Waals surface area contributed by atoms with Crippen LogP contribution in [0.4, 0.5) is 0 Å². The molecule has 1 N–H and O–H groups in total. The van der Waals surface area contributed by atoms with Gasteiger partial charge in [0.15, 0.2) is 0 Å². The van der Waals surface area contributed by atoms with Gasteiger partial charge >= 0.3 is 89.1 Å². The predicted molar refractivity (Wildman–Crippen MR) is 28.4 cm³/mol. The zero-order valence-electron chi connectivity index (χ0n) is 5.50. The molecule has 56 valence electrons. The normalized spacial score (nSPS) is 4.36. The SMILES string of the molecule is O=[N+]([O-])[O-].O=[N+]([O-])[O-].[Ca+2].[K+].[OH-]. The molecule has 0 fully saturated rings. The zero-order chi connectivity index (χ0) is 7.15. The van der Waals surface area contributed by atoms with Gasteiger partial charge in [0, 0.05) is 0 Å². The van der Waals surface area contributed by atoms with E-state index in [9.17, 15) is 0 Å². The van der Waals surface area contributed by atoms with Crippen LogP contribution in [0.25, 0.3) is 0 Å². The molecule has 0 bridgehead atoms. The summed E-state index contributed by atoms with van der Waals surface area (Å²) in [5.74, 6) is 0. The molecule has 0 saturated carbocycles. The molecule has 9 nitrogen and oxygen atoms in total. The maximum absolute atomic E-state index is 8.25. The van der Waals surface area contributed by atoms with Gasteiger partial charge in [-0.15, -0.1) is 0 Å². The van der Waals surface area contributed by atoms with Gasteiger partial charge in [-0.1, -0.05) is 0 Å². The van der Waals surface area contributed by atoms with Crippen LogP contribution in [0.15, 0.2) is 0 Å². The monoisotopic (exact) mass is 220 g/mol. The number of nitrogens with zero attached hydrogens (tertiary/aromatic N) is 2. The van der Waals surface area contributed by atoms with E-state index in [4.69, 9.17) is 30.6 Å². The molecule has 0 atom stereocenters. The average molecular weight is 220 g/mol. The molecular weight excluding hydrogens is 219 g/mol. The summed E-state index contributed by atoms with van der Waals surface area (Å²) < 4.78 is 0. The summed E-state index contributed by atoms with van der Waals surface area (Å²) in [4.78, 5) is 16.5. The maximum atomic E-state index is 8.25. The third-order valence-corrected chi connectivity index (χ3v) is 0. The molecular formula is HCaKN2O7. The van der Waals surface area contributed by atoms with E-state index in [1.165, 1.54) is 0 Å². The topological polar surface area (TPSA) is 162 Å². The van der Waals surface area contributed by atoms with Gasteiger partial charge in [0.1, 0.15) is 0 Å². The summed E-state index contributed by atoms with van der Waals surface area (Å²) in [6.07, 6.45) is 0. The van der Waals surface area contributed by atoms with Crippen LogP contribution in [0.1, 0.15) is 0 Å². The molecule has 0 spiro atoms. The van der Waals surface area contributed by atoms with Crippen molar-refractivity contribution >= 4 is 37.7 Å². The Morgan fingerprint density at radius 3 is 0.818 bits per heavy atom. The Bertz CT molecular complexity index is 74.4. The van der Waals surface area contributed by atoms with Gasteiger partial charge in [0.2, 0.25) is 0 Å². The van der Waals surface area contributed by atoms with Crippen molar-refractivity contribution in [2.75, 3.05) is 0 Å². The van der Waals surface area contributed by atoms with E-state index in [0.717, 1.165) is 0 Å². The van der Waals surface area contributed by atoms with Crippen LogP contribution in [0, 0.1) is 30.6 Å². The van der Waals surface area contributed by atoms with Crippen LogP contribution in [0.2, 0.25) is 0 Å². The molecule has 0 heterocycles. The van der Waals surface area contributed by atoms with Crippen molar-refractivity contribution in [2.24, 2.45) is 0 Å².